The van der Waals surface area contributed by atoms with E-state index in [4.69, 9.17) is 4.42 Å². The number of halogens is 1. The van der Waals surface area contributed by atoms with Crippen LogP contribution in [-0.4, -0.2) is 16.1 Å². The summed E-state index contributed by atoms with van der Waals surface area (Å²) in [5.41, 5.74) is 0. The molecule has 20 heavy (non-hydrogen) atoms. The van der Waals surface area contributed by atoms with E-state index in [1.54, 1.807) is 17.6 Å². The summed E-state index contributed by atoms with van der Waals surface area (Å²) in [7, 11) is 0. The lowest BCUT2D eigenvalue weighted by Crippen LogP contribution is -2.29. The summed E-state index contributed by atoms with van der Waals surface area (Å²) in [5.74, 6) is 1.02. The van der Waals surface area contributed by atoms with Crippen LogP contribution in [0.15, 0.2) is 40.3 Å². The van der Waals surface area contributed by atoms with E-state index in [2.05, 4.69) is 22.0 Å². The van der Waals surface area contributed by atoms with Gasteiger partial charge in [0.25, 0.3) is 0 Å². The molecule has 0 unspecified atom stereocenters. The molecule has 5 heteroatoms. The molecule has 0 fully saturated rings. The molecule has 0 bridgehead atoms. The SMILES string of the molecule is O=C(CCCCBr)N(Cc1ccco1)Cc1cccs1. The average molecular weight is 356 g/mol. The monoisotopic (exact) mass is 355 g/mol. The first kappa shape index (κ1) is 15.3. The molecule has 0 aliphatic carbocycles. The molecule has 0 saturated carbocycles. The quantitative estimate of drug-likeness (QED) is 0.518. The zero-order chi connectivity index (χ0) is 14.2. The molecule has 0 atom stereocenters. The lowest BCUT2D eigenvalue weighted by molar-refractivity contribution is -0.132. The van der Waals surface area contributed by atoms with Gasteiger partial charge in [0.05, 0.1) is 19.4 Å². The van der Waals surface area contributed by atoms with Crippen molar-refractivity contribution < 1.29 is 9.21 Å². The van der Waals surface area contributed by atoms with Crippen LogP contribution in [0.2, 0.25) is 0 Å². The highest BCUT2D eigenvalue weighted by Crippen LogP contribution is 2.16. The van der Waals surface area contributed by atoms with Gasteiger partial charge in [0.2, 0.25) is 5.91 Å². The minimum atomic E-state index is 0.191. The van der Waals surface area contributed by atoms with Crippen molar-refractivity contribution in [3.05, 3.63) is 46.5 Å². The van der Waals surface area contributed by atoms with E-state index < -0.39 is 0 Å². The van der Waals surface area contributed by atoms with Gasteiger partial charge in [-0.3, -0.25) is 4.79 Å². The number of furan rings is 1. The van der Waals surface area contributed by atoms with Crippen LogP contribution in [0.5, 0.6) is 0 Å². The Morgan fingerprint density at radius 3 is 2.80 bits per heavy atom. The number of carbonyl (C=O) groups is 1. The molecule has 2 rings (SSSR count). The van der Waals surface area contributed by atoms with Crippen LogP contribution in [0.25, 0.3) is 0 Å². The van der Waals surface area contributed by atoms with Crippen LogP contribution < -0.4 is 0 Å². The van der Waals surface area contributed by atoms with Crippen molar-refractivity contribution in [3.8, 4) is 0 Å². The van der Waals surface area contributed by atoms with Crippen molar-refractivity contribution in [2.75, 3.05) is 5.33 Å². The summed E-state index contributed by atoms with van der Waals surface area (Å²) in [5, 5.41) is 2.99. The van der Waals surface area contributed by atoms with Crippen LogP contribution in [0, 0.1) is 0 Å². The third kappa shape index (κ3) is 4.80. The molecule has 0 aliphatic rings. The van der Waals surface area contributed by atoms with Crippen LogP contribution in [0.4, 0.5) is 0 Å². The smallest absolute Gasteiger partial charge is 0.223 e. The predicted octanol–water partition coefficient (Wildman–Crippen LogP) is 4.44. The molecular weight excluding hydrogens is 338 g/mol. The van der Waals surface area contributed by atoms with Gasteiger partial charge in [0.15, 0.2) is 0 Å². The van der Waals surface area contributed by atoms with Gasteiger partial charge in [0, 0.05) is 16.6 Å². The van der Waals surface area contributed by atoms with Crippen molar-refractivity contribution in [2.24, 2.45) is 0 Å². The van der Waals surface area contributed by atoms with Crippen LogP contribution in [0.1, 0.15) is 29.9 Å². The fourth-order valence-corrected chi connectivity index (χ4v) is 3.06. The largest absolute Gasteiger partial charge is 0.467 e. The number of carbonyl (C=O) groups excluding carboxylic acids is 1. The first-order valence-electron chi connectivity index (χ1n) is 6.68. The van der Waals surface area contributed by atoms with Gasteiger partial charge < -0.3 is 9.32 Å². The second-order valence-corrected chi connectivity index (χ2v) is 6.38. The summed E-state index contributed by atoms with van der Waals surface area (Å²) in [6.07, 6.45) is 4.19. The van der Waals surface area contributed by atoms with Crippen LogP contribution in [-0.2, 0) is 17.9 Å². The second-order valence-electron chi connectivity index (χ2n) is 4.55. The zero-order valence-electron chi connectivity index (χ0n) is 11.3. The van der Waals surface area contributed by atoms with Gasteiger partial charge >= 0.3 is 0 Å². The molecule has 2 aromatic heterocycles. The number of amides is 1. The highest BCUT2D eigenvalue weighted by Gasteiger charge is 2.15. The summed E-state index contributed by atoms with van der Waals surface area (Å²) in [4.78, 5) is 15.4. The standard InChI is InChI=1S/C15H18BrNO2S/c16-8-2-1-7-15(18)17(11-13-5-3-9-19-13)12-14-6-4-10-20-14/h3-6,9-10H,1-2,7-8,11-12H2. The van der Waals surface area contributed by atoms with Crippen molar-refractivity contribution in [2.45, 2.75) is 32.4 Å². The van der Waals surface area contributed by atoms with Crippen molar-refractivity contribution in [1.29, 1.82) is 0 Å². The Morgan fingerprint density at radius 2 is 2.15 bits per heavy atom. The number of nitrogens with zero attached hydrogens (tertiary/aromatic N) is 1. The molecule has 108 valence electrons. The lowest BCUT2D eigenvalue weighted by atomic mass is 10.2. The van der Waals surface area contributed by atoms with Gasteiger partial charge in [-0.15, -0.1) is 11.3 Å². The number of rotatable bonds is 8. The average Bonchev–Trinajstić information content (AvgIpc) is 3.11. The van der Waals surface area contributed by atoms with E-state index in [0.717, 1.165) is 23.9 Å². The highest BCUT2D eigenvalue weighted by molar-refractivity contribution is 9.09. The number of hydrogen-bond acceptors (Lipinski definition) is 3. The molecule has 0 radical (unpaired) electrons. The van der Waals surface area contributed by atoms with E-state index in [1.165, 1.54) is 4.88 Å². The zero-order valence-corrected chi connectivity index (χ0v) is 13.7. The van der Waals surface area contributed by atoms with Crippen LogP contribution in [0.3, 0.4) is 0 Å². The highest BCUT2D eigenvalue weighted by atomic mass is 79.9. The summed E-state index contributed by atoms with van der Waals surface area (Å²) in [6, 6.07) is 7.84. The Labute approximate surface area is 131 Å². The normalized spacial score (nSPS) is 10.7. The fraction of sp³-hybridized carbons (Fsp3) is 0.400. The minimum Gasteiger partial charge on any atom is -0.467 e. The molecule has 0 saturated heterocycles. The number of hydrogen-bond donors (Lipinski definition) is 0. The topological polar surface area (TPSA) is 33.5 Å². The Kier molecular flexibility index (Phi) is 6.33. The molecule has 0 spiro atoms. The van der Waals surface area contributed by atoms with Crippen LogP contribution >= 0.6 is 27.3 Å². The maximum Gasteiger partial charge on any atom is 0.223 e. The summed E-state index contributed by atoms with van der Waals surface area (Å²) >= 11 is 5.07. The first-order valence-corrected chi connectivity index (χ1v) is 8.68. The molecule has 2 aromatic rings. The van der Waals surface area contributed by atoms with Crippen molar-refractivity contribution >= 4 is 33.2 Å². The van der Waals surface area contributed by atoms with E-state index >= 15 is 0 Å². The maximum atomic E-state index is 12.3. The molecular formula is C15H18BrNO2S. The van der Waals surface area contributed by atoms with Crippen molar-refractivity contribution in [3.63, 3.8) is 0 Å². The Morgan fingerprint density at radius 1 is 1.25 bits per heavy atom. The molecule has 0 aromatic carbocycles. The Hall–Kier alpha value is -1.07. The molecule has 2 heterocycles. The first-order chi connectivity index (χ1) is 9.79. The van der Waals surface area contributed by atoms with E-state index in [1.807, 2.05) is 28.5 Å². The summed E-state index contributed by atoms with van der Waals surface area (Å²) in [6.45, 7) is 1.20. The molecule has 1 amide bonds. The van der Waals surface area contributed by atoms with Gasteiger partial charge in [-0.2, -0.15) is 0 Å². The second kappa shape index (κ2) is 8.27. The minimum absolute atomic E-state index is 0.191. The third-order valence-electron chi connectivity index (χ3n) is 2.98. The van der Waals surface area contributed by atoms with Gasteiger partial charge in [-0.25, -0.2) is 0 Å². The number of thiophene rings is 1. The fourth-order valence-electron chi connectivity index (χ4n) is 1.94. The third-order valence-corrected chi connectivity index (χ3v) is 4.40. The number of alkyl halides is 1. The van der Waals surface area contributed by atoms with E-state index in [-0.39, 0.29) is 5.91 Å². The lowest BCUT2D eigenvalue weighted by Gasteiger charge is -2.21. The molecule has 0 aliphatic heterocycles. The van der Waals surface area contributed by atoms with E-state index in [0.29, 0.717) is 19.5 Å². The van der Waals surface area contributed by atoms with Gasteiger partial charge in [0.1, 0.15) is 5.76 Å². The summed E-state index contributed by atoms with van der Waals surface area (Å²) < 4.78 is 5.36. The maximum absolute atomic E-state index is 12.3. The van der Waals surface area contributed by atoms with E-state index in [9.17, 15) is 4.79 Å². The Bertz CT molecular complexity index is 460. The number of unbranched alkanes of at least 4 members (excludes halogenated alkanes) is 1. The van der Waals surface area contributed by atoms with Crippen molar-refractivity contribution in [1.82, 2.24) is 4.90 Å². The van der Waals surface area contributed by atoms with Gasteiger partial charge in [-0.05, 0) is 36.4 Å². The Balaban J connectivity index is 1.97. The predicted molar refractivity (Wildman–Crippen MR) is 84.9 cm³/mol. The molecule has 0 N–H and O–H groups in total. The van der Waals surface area contributed by atoms with Gasteiger partial charge in [-0.1, -0.05) is 22.0 Å². The molecule has 3 nitrogen and oxygen atoms in total.